The number of halogens is 1. The van der Waals surface area contributed by atoms with E-state index in [0.29, 0.717) is 37.8 Å². The molecule has 0 bridgehead atoms. The Morgan fingerprint density at radius 2 is 1.59 bits per heavy atom. The molecule has 34 heavy (non-hydrogen) atoms. The average Bonchev–Trinajstić information content (AvgIpc) is 3.49. The van der Waals surface area contributed by atoms with Gasteiger partial charge in [0.15, 0.2) is 11.4 Å². The van der Waals surface area contributed by atoms with Gasteiger partial charge in [0.25, 0.3) is 5.91 Å². The monoisotopic (exact) mass is 500 g/mol. The fourth-order valence-corrected chi connectivity index (χ4v) is 2.39. The zero-order valence-corrected chi connectivity index (χ0v) is 20.0. The lowest BCUT2D eigenvalue weighted by atomic mass is 10.3. The van der Waals surface area contributed by atoms with Crippen molar-refractivity contribution < 1.29 is 33.4 Å². The molecule has 0 aliphatic carbocycles. The minimum Gasteiger partial charge on any atom is -0.461 e. The van der Waals surface area contributed by atoms with Crippen molar-refractivity contribution in [2.45, 2.75) is 27.3 Å². The normalized spacial score (nSPS) is 11.5. The number of H-pyrrole nitrogens is 1. The zero-order valence-electron chi connectivity index (χ0n) is 19.3. The van der Waals surface area contributed by atoms with E-state index in [2.05, 4.69) is 20.6 Å². The van der Waals surface area contributed by atoms with Gasteiger partial charge in [-0.2, -0.15) is 10.2 Å². The predicted octanol–water partition coefficient (Wildman–Crippen LogP) is 0.750. The number of nitrogens with zero attached hydrogens (tertiary/aromatic N) is 3. The number of hydrogen-bond acceptors (Lipinski definition) is 10. The maximum absolute atomic E-state index is 11.4. The van der Waals surface area contributed by atoms with Gasteiger partial charge in [0.05, 0.1) is 26.4 Å². The zero-order chi connectivity index (χ0) is 25.5. The molecule has 0 radical (unpaired) electrons. The van der Waals surface area contributed by atoms with Crippen LogP contribution in [0.2, 0.25) is 0 Å². The Hall–Kier alpha value is -3.45. The molecular formula is C20H29ClN6O7. The van der Waals surface area contributed by atoms with Crippen LogP contribution in [0.3, 0.4) is 0 Å². The molecule has 14 heteroatoms. The first-order valence-electron chi connectivity index (χ1n) is 10.5. The number of esters is 3. The first kappa shape index (κ1) is 28.6. The highest BCUT2D eigenvalue weighted by Crippen LogP contribution is 2.09. The first-order valence-corrected chi connectivity index (χ1v) is 11.0. The predicted molar refractivity (Wildman–Crippen MR) is 121 cm³/mol. The van der Waals surface area contributed by atoms with Crippen LogP contribution in [0, 0.1) is 0 Å². The summed E-state index contributed by atoms with van der Waals surface area (Å²) >= 11 is 5.06. The maximum Gasteiger partial charge on any atom is 0.358 e. The molecular weight excluding hydrogens is 472 g/mol. The smallest absolute Gasteiger partial charge is 0.358 e. The maximum atomic E-state index is 11.4. The van der Waals surface area contributed by atoms with Crippen molar-refractivity contribution in [2.75, 3.05) is 38.8 Å². The van der Waals surface area contributed by atoms with Crippen molar-refractivity contribution >= 4 is 35.4 Å². The number of amides is 1. The molecule has 2 aromatic rings. The molecule has 1 aliphatic heterocycles. The molecule has 0 aromatic carbocycles. The molecule has 0 saturated heterocycles. The first-order chi connectivity index (χ1) is 16.3. The lowest BCUT2D eigenvalue weighted by Crippen LogP contribution is -2.35. The third-order valence-corrected chi connectivity index (χ3v) is 3.99. The van der Waals surface area contributed by atoms with Gasteiger partial charge in [-0.1, -0.05) is 0 Å². The molecule has 1 aliphatic rings. The summed E-state index contributed by atoms with van der Waals surface area (Å²) in [5, 5.41) is 12.7. The highest BCUT2D eigenvalue weighted by atomic mass is 35.5. The van der Waals surface area contributed by atoms with Gasteiger partial charge in [0.2, 0.25) is 0 Å². The number of hydrogen-bond donors (Lipinski definition) is 3. The van der Waals surface area contributed by atoms with Crippen LogP contribution in [0.15, 0.2) is 12.1 Å². The Morgan fingerprint density at radius 1 is 1.03 bits per heavy atom. The number of aromatic amines is 1. The lowest BCUT2D eigenvalue weighted by Gasteiger charge is -2.13. The molecule has 188 valence electrons. The van der Waals surface area contributed by atoms with Gasteiger partial charge in [-0.3, -0.25) is 14.6 Å². The molecule has 0 saturated carbocycles. The number of fused-ring (bicyclic) bond motifs is 1. The van der Waals surface area contributed by atoms with Crippen LogP contribution in [0.4, 0.5) is 0 Å². The standard InChI is InChI=1S/C9H11N3O3.C9H12N2O4.C2H6ClN/c1-2-15-9(14)6-5-7-8(13)10-3-4-12(7)11-6;1-3-14-8(12)6-5-7(11-10-6)9(13)15-4-2;3-1-2-4/h5H,2-4H2,1H3,(H,10,13);5H,3-4H2,1-2H3,(H,10,11);1-2,4H2. The van der Waals surface area contributed by atoms with Crippen molar-refractivity contribution in [3.05, 3.63) is 34.9 Å². The number of alkyl halides is 1. The van der Waals surface area contributed by atoms with Crippen molar-refractivity contribution in [2.24, 2.45) is 5.73 Å². The molecule has 4 N–H and O–H groups in total. The van der Waals surface area contributed by atoms with E-state index in [1.165, 1.54) is 16.8 Å². The van der Waals surface area contributed by atoms with E-state index in [1.54, 1.807) is 20.8 Å². The van der Waals surface area contributed by atoms with E-state index in [4.69, 9.17) is 31.5 Å². The molecule has 0 atom stereocenters. The molecule has 13 nitrogen and oxygen atoms in total. The number of carbonyl (C=O) groups is 4. The molecule has 3 rings (SSSR count). The number of aromatic nitrogens is 4. The third-order valence-electron chi connectivity index (χ3n) is 3.77. The second kappa shape index (κ2) is 15.4. The van der Waals surface area contributed by atoms with Crippen LogP contribution in [0.1, 0.15) is 62.7 Å². The minimum atomic E-state index is -0.565. The summed E-state index contributed by atoms with van der Waals surface area (Å²) in [6, 6.07) is 2.75. The van der Waals surface area contributed by atoms with E-state index < -0.39 is 17.9 Å². The number of nitrogens with two attached hydrogens (primary N) is 1. The van der Waals surface area contributed by atoms with Gasteiger partial charge in [0.1, 0.15) is 11.4 Å². The Kier molecular flexibility index (Phi) is 12.9. The summed E-state index contributed by atoms with van der Waals surface area (Å²) in [6.45, 7) is 7.65. The summed E-state index contributed by atoms with van der Waals surface area (Å²) in [6.07, 6.45) is 0. The van der Waals surface area contributed by atoms with Gasteiger partial charge >= 0.3 is 17.9 Å². The fourth-order valence-electron chi connectivity index (χ4n) is 2.39. The number of ether oxygens (including phenoxy) is 3. The van der Waals surface area contributed by atoms with E-state index in [-0.39, 0.29) is 36.2 Å². The van der Waals surface area contributed by atoms with Gasteiger partial charge in [-0.05, 0) is 20.8 Å². The van der Waals surface area contributed by atoms with Crippen LogP contribution in [0.5, 0.6) is 0 Å². The van der Waals surface area contributed by atoms with Crippen LogP contribution in [0.25, 0.3) is 0 Å². The summed E-state index contributed by atoms with van der Waals surface area (Å²) in [5.74, 6) is -1.23. The van der Waals surface area contributed by atoms with Crippen molar-refractivity contribution in [3.8, 4) is 0 Å². The summed E-state index contributed by atoms with van der Waals surface area (Å²) in [7, 11) is 0. The number of carbonyl (C=O) groups excluding carboxylic acids is 4. The van der Waals surface area contributed by atoms with Crippen molar-refractivity contribution in [1.29, 1.82) is 0 Å². The average molecular weight is 501 g/mol. The second-order valence-electron chi connectivity index (χ2n) is 6.20. The Labute approximate surface area is 201 Å². The van der Waals surface area contributed by atoms with Gasteiger partial charge in [-0.25, -0.2) is 14.4 Å². The number of rotatable bonds is 7. The fraction of sp³-hybridized carbons (Fsp3) is 0.500. The molecule has 3 heterocycles. The summed E-state index contributed by atoms with van der Waals surface area (Å²) < 4.78 is 15.7. The van der Waals surface area contributed by atoms with Gasteiger partial charge in [0, 0.05) is 31.1 Å². The topological polar surface area (TPSA) is 181 Å². The molecule has 2 aromatic heterocycles. The molecule has 1 amide bonds. The van der Waals surface area contributed by atoms with Gasteiger partial charge < -0.3 is 25.3 Å². The van der Waals surface area contributed by atoms with Crippen molar-refractivity contribution in [3.63, 3.8) is 0 Å². The third kappa shape index (κ3) is 8.83. The minimum absolute atomic E-state index is 0.0694. The Balaban J connectivity index is 0.000000294. The summed E-state index contributed by atoms with van der Waals surface area (Å²) in [5.41, 5.74) is 5.69. The summed E-state index contributed by atoms with van der Waals surface area (Å²) in [4.78, 5) is 45.1. The highest BCUT2D eigenvalue weighted by Gasteiger charge is 2.22. The highest BCUT2D eigenvalue weighted by molar-refractivity contribution is 6.18. The quantitative estimate of drug-likeness (QED) is 0.278. The molecule has 0 fully saturated rings. The largest absolute Gasteiger partial charge is 0.461 e. The Bertz CT molecular complexity index is 925. The van der Waals surface area contributed by atoms with Crippen LogP contribution >= 0.6 is 11.6 Å². The van der Waals surface area contributed by atoms with E-state index in [9.17, 15) is 19.2 Å². The van der Waals surface area contributed by atoms with E-state index in [0.717, 1.165) is 0 Å². The van der Waals surface area contributed by atoms with Crippen LogP contribution < -0.4 is 11.1 Å². The lowest BCUT2D eigenvalue weighted by molar-refractivity contribution is 0.0508. The van der Waals surface area contributed by atoms with E-state index >= 15 is 0 Å². The van der Waals surface area contributed by atoms with Crippen LogP contribution in [-0.2, 0) is 20.8 Å². The molecule has 0 unspecified atom stereocenters. The Morgan fingerprint density at radius 3 is 2.12 bits per heavy atom. The SMILES string of the molecule is CCOC(=O)c1cc(C(=O)OCC)[nH]n1.CCOC(=O)c1cc2n(n1)CCNC2=O.NCCCl. The van der Waals surface area contributed by atoms with E-state index in [1.807, 2.05) is 0 Å². The number of nitrogens with one attached hydrogen (secondary N) is 2. The van der Waals surface area contributed by atoms with Crippen molar-refractivity contribution in [1.82, 2.24) is 25.3 Å². The second-order valence-corrected chi connectivity index (χ2v) is 6.58. The molecule has 0 spiro atoms. The van der Waals surface area contributed by atoms with Crippen LogP contribution in [-0.4, -0.2) is 82.6 Å². The van der Waals surface area contributed by atoms with Gasteiger partial charge in [-0.15, -0.1) is 11.6 Å².